The van der Waals surface area contributed by atoms with E-state index in [2.05, 4.69) is 26.1 Å². The first kappa shape index (κ1) is 15.8. The third-order valence-electron chi connectivity index (χ3n) is 4.24. The van der Waals surface area contributed by atoms with Crippen LogP contribution in [0.2, 0.25) is 0 Å². The van der Waals surface area contributed by atoms with Crippen molar-refractivity contribution in [2.45, 2.75) is 37.8 Å². The number of benzene rings is 1. The van der Waals surface area contributed by atoms with E-state index < -0.39 is 0 Å². The lowest BCUT2D eigenvalue weighted by Gasteiger charge is -2.28. The molecule has 1 aromatic rings. The number of nitrogens with zero attached hydrogens (tertiary/aromatic N) is 1. The second-order valence-electron chi connectivity index (χ2n) is 5.45. The minimum absolute atomic E-state index is 0. The molecule has 2 bridgehead atoms. The summed E-state index contributed by atoms with van der Waals surface area (Å²) in [5.74, 6) is 0.281. The van der Waals surface area contributed by atoms with Gasteiger partial charge in [-0.25, -0.2) is 0 Å². The zero-order chi connectivity index (χ0) is 13.2. The molecule has 2 unspecified atom stereocenters. The summed E-state index contributed by atoms with van der Waals surface area (Å²) in [5.41, 5.74) is 1.09. The highest BCUT2D eigenvalue weighted by molar-refractivity contribution is 9.10. The van der Waals surface area contributed by atoms with Crippen molar-refractivity contribution in [1.82, 2.24) is 10.2 Å². The molecule has 0 spiro atoms. The Morgan fingerprint density at radius 3 is 2.80 bits per heavy atom. The van der Waals surface area contributed by atoms with E-state index in [1.807, 2.05) is 24.3 Å². The van der Waals surface area contributed by atoms with Crippen LogP contribution in [0.15, 0.2) is 28.7 Å². The largest absolute Gasteiger partial charge is 0.335 e. The van der Waals surface area contributed by atoms with Gasteiger partial charge in [-0.05, 0) is 37.4 Å². The van der Waals surface area contributed by atoms with Gasteiger partial charge >= 0.3 is 0 Å². The highest BCUT2D eigenvalue weighted by atomic mass is 79.9. The quantitative estimate of drug-likeness (QED) is 0.880. The van der Waals surface area contributed by atoms with E-state index in [0.29, 0.717) is 18.5 Å². The van der Waals surface area contributed by atoms with Gasteiger partial charge in [-0.1, -0.05) is 34.1 Å². The van der Waals surface area contributed by atoms with Gasteiger partial charge in [-0.15, -0.1) is 12.4 Å². The van der Waals surface area contributed by atoms with Crippen LogP contribution in [-0.4, -0.2) is 36.0 Å². The third-order valence-corrected chi connectivity index (χ3v) is 5.02. The molecule has 0 aliphatic carbocycles. The number of carbonyl (C=O) groups excluding carboxylic acids is 1. The molecule has 0 saturated carbocycles. The number of nitrogens with one attached hydrogen (secondary N) is 1. The minimum Gasteiger partial charge on any atom is -0.335 e. The zero-order valence-corrected chi connectivity index (χ0v) is 13.8. The predicted molar refractivity (Wildman–Crippen MR) is 86.2 cm³/mol. The van der Waals surface area contributed by atoms with Gasteiger partial charge in [0.2, 0.25) is 5.91 Å². The van der Waals surface area contributed by atoms with Crippen LogP contribution in [-0.2, 0) is 11.2 Å². The summed E-state index contributed by atoms with van der Waals surface area (Å²) in [6.07, 6.45) is 3.93. The van der Waals surface area contributed by atoms with Crippen LogP contribution in [0.4, 0.5) is 0 Å². The average Bonchev–Trinajstić information content (AvgIpc) is 2.66. The lowest BCUT2D eigenvalue weighted by molar-refractivity contribution is -0.133. The molecule has 2 heterocycles. The molecule has 2 saturated heterocycles. The average molecular weight is 360 g/mol. The van der Waals surface area contributed by atoms with Crippen LogP contribution in [0.3, 0.4) is 0 Å². The molecule has 3 nitrogen and oxygen atoms in total. The van der Waals surface area contributed by atoms with E-state index in [1.165, 1.54) is 6.42 Å². The highest BCUT2D eigenvalue weighted by Crippen LogP contribution is 2.29. The Morgan fingerprint density at radius 1 is 1.25 bits per heavy atom. The van der Waals surface area contributed by atoms with Crippen molar-refractivity contribution >= 4 is 34.2 Å². The summed E-state index contributed by atoms with van der Waals surface area (Å²) in [6.45, 7) is 2.00. The van der Waals surface area contributed by atoms with Crippen molar-refractivity contribution in [3.63, 3.8) is 0 Å². The minimum atomic E-state index is 0. The summed E-state index contributed by atoms with van der Waals surface area (Å²) in [7, 11) is 0. The first-order valence-electron chi connectivity index (χ1n) is 7.01. The monoisotopic (exact) mass is 358 g/mol. The van der Waals surface area contributed by atoms with Crippen LogP contribution in [0, 0.1) is 0 Å². The van der Waals surface area contributed by atoms with Crippen LogP contribution in [0.1, 0.15) is 24.8 Å². The number of hydrogen-bond acceptors (Lipinski definition) is 2. The summed E-state index contributed by atoms with van der Waals surface area (Å²) in [5, 5.41) is 3.44. The molecule has 2 fully saturated rings. The molecule has 1 amide bonds. The second-order valence-corrected chi connectivity index (χ2v) is 6.30. The molecule has 3 rings (SSSR count). The number of fused-ring (bicyclic) bond motifs is 2. The number of halogens is 2. The molecule has 2 aliphatic rings. The standard InChI is InChI=1S/C15H19BrN2O.ClH/c16-14-4-2-1-3-11(14)9-15(19)18-12-5-6-13(18)10-17-8-7-12;/h1-4,12-13,17H,5-10H2;1H. The van der Waals surface area contributed by atoms with Crippen molar-refractivity contribution in [2.75, 3.05) is 13.1 Å². The van der Waals surface area contributed by atoms with Gasteiger partial charge < -0.3 is 10.2 Å². The van der Waals surface area contributed by atoms with Crippen molar-refractivity contribution < 1.29 is 4.79 Å². The summed E-state index contributed by atoms with van der Waals surface area (Å²) < 4.78 is 1.03. The molecule has 110 valence electrons. The van der Waals surface area contributed by atoms with Gasteiger partial charge in [0.1, 0.15) is 0 Å². The smallest absolute Gasteiger partial charge is 0.227 e. The first-order valence-corrected chi connectivity index (χ1v) is 7.80. The number of rotatable bonds is 2. The summed E-state index contributed by atoms with van der Waals surface area (Å²) >= 11 is 3.53. The lowest BCUT2D eigenvalue weighted by Crippen LogP contribution is -2.43. The van der Waals surface area contributed by atoms with E-state index in [9.17, 15) is 4.79 Å². The number of hydrogen-bond donors (Lipinski definition) is 1. The highest BCUT2D eigenvalue weighted by Gasteiger charge is 2.37. The fourth-order valence-electron chi connectivity index (χ4n) is 3.29. The summed E-state index contributed by atoms with van der Waals surface area (Å²) in [6, 6.07) is 8.86. The topological polar surface area (TPSA) is 32.3 Å². The first-order chi connectivity index (χ1) is 9.25. The maximum atomic E-state index is 12.6. The molecule has 5 heteroatoms. The van der Waals surface area contributed by atoms with Crippen LogP contribution >= 0.6 is 28.3 Å². The van der Waals surface area contributed by atoms with E-state index >= 15 is 0 Å². The van der Waals surface area contributed by atoms with Gasteiger partial charge in [-0.2, -0.15) is 0 Å². The van der Waals surface area contributed by atoms with Gasteiger partial charge in [0.25, 0.3) is 0 Å². The molecule has 1 aromatic carbocycles. The Labute approximate surface area is 134 Å². The SMILES string of the molecule is Cl.O=C(Cc1ccccc1Br)N1C2CCNCC1CC2. The molecular formula is C15H20BrClN2O. The Kier molecular flexibility index (Phi) is 5.47. The summed E-state index contributed by atoms with van der Waals surface area (Å²) in [4.78, 5) is 14.8. The molecule has 0 radical (unpaired) electrons. The van der Waals surface area contributed by atoms with Crippen LogP contribution in [0.25, 0.3) is 0 Å². The molecule has 20 heavy (non-hydrogen) atoms. The van der Waals surface area contributed by atoms with Crippen LogP contribution in [0.5, 0.6) is 0 Å². The fraction of sp³-hybridized carbons (Fsp3) is 0.533. The molecule has 1 N–H and O–H groups in total. The van der Waals surface area contributed by atoms with Gasteiger partial charge in [0.15, 0.2) is 0 Å². The normalized spacial score (nSPS) is 24.9. The Balaban J connectivity index is 0.00000147. The van der Waals surface area contributed by atoms with Crippen molar-refractivity contribution in [1.29, 1.82) is 0 Å². The molecular weight excluding hydrogens is 340 g/mol. The van der Waals surface area contributed by atoms with Gasteiger partial charge in [0.05, 0.1) is 6.42 Å². The van der Waals surface area contributed by atoms with Crippen molar-refractivity contribution in [3.8, 4) is 0 Å². The Morgan fingerprint density at radius 2 is 2.00 bits per heavy atom. The van der Waals surface area contributed by atoms with E-state index in [-0.39, 0.29) is 18.3 Å². The second kappa shape index (κ2) is 6.92. The fourth-order valence-corrected chi connectivity index (χ4v) is 3.71. The number of carbonyl (C=O) groups is 1. The van der Waals surface area contributed by atoms with E-state index in [4.69, 9.17) is 0 Å². The zero-order valence-electron chi connectivity index (χ0n) is 11.3. The van der Waals surface area contributed by atoms with Crippen molar-refractivity contribution in [2.24, 2.45) is 0 Å². The number of amides is 1. The van der Waals surface area contributed by atoms with E-state index in [0.717, 1.165) is 36.0 Å². The maximum absolute atomic E-state index is 12.6. The lowest BCUT2D eigenvalue weighted by atomic mass is 10.1. The molecule has 0 aromatic heterocycles. The van der Waals surface area contributed by atoms with Crippen LogP contribution < -0.4 is 5.32 Å². The molecule has 2 atom stereocenters. The Hall–Kier alpha value is -0.580. The maximum Gasteiger partial charge on any atom is 0.227 e. The third kappa shape index (κ3) is 3.18. The van der Waals surface area contributed by atoms with E-state index in [1.54, 1.807) is 0 Å². The predicted octanol–water partition coefficient (Wildman–Crippen LogP) is 2.77. The molecule has 2 aliphatic heterocycles. The van der Waals surface area contributed by atoms with Gasteiger partial charge in [-0.3, -0.25) is 4.79 Å². The van der Waals surface area contributed by atoms with Gasteiger partial charge in [0, 0.05) is 23.1 Å². The van der Waals surface area contributed by atoms with Crippen molar-refractivity contribution in [3.05, 3.63) is 34.3 Å². The Bertz CT molecular complexity index is 469.